The van der Waals surface area contributed by atoms with E-state index in [1.165, 1.54) is 23.9 Å². The number of nitro groups is 1. The molecule has 2 aromatic rings. The summed E-state index contributed by atoms with van der Waals surface area (Å²) < 4.78 is 0. The van der Waals surface area contributed by atoms with Crippen molar-refractivity contribution in [2.45, 2.75) is 24.0 Å². The maximum Gasteiger partial charge on any atom is 0.271 e. The molecule has 1 heterocycles. The number of amides is 2. The van der Waals surface area contributed by atoms with Crippen molar-refractivity contribution in [1.82, 2.24) is 0 Å². The lowest BCUT2D eigenvalue weighted by molar-refractivity contribution is -0.384. The highest BCUT2D eigenvalue weighted by Gasteiger charge is 2.24. The van der Waals surface area contributed by atoms with Crippen molar-refractivity contribution >= 4 is 40.6 Å². The molecule has 25 heavy (non-hydrogen) atoms. The van der Waals surface area contributed by atoms with E-state index >= 15 is 0 Å². The Morgan fingerprint density at radius 3 is 2.76 bits per heavy atom. The second-order valence-electron chi connectivity index (χ2n) is 5.67. The van der Waals surface area contributed by atoms with Crippen molar-refractivity contribution in [1.29, 1.82) is 0 Å². The number of fused-ring (bicyclic) bond motifs is 1. The first-order valence-electron chi connectivity index (χ1n) is 7.53. The van der Waals surface area contributed by atoms with E-state index < -0.39 is 10.8 Å². The highest BCUT2D eigenvalue weighted by atomic mass is 32.2. The molecule has 2 amide bonds. The average Bonchev–Trinajstić information content (AvgIpc) is 2.57. The molecule has 1 atom stereocenters. The molecule has 0 spiro atoms. The number of nitrogens with zero attached hydrogens (tertiary/aromatic N) is 1. The van der Waals surface area contributed by atoms with Gasteiger partial charge in [-0.25, -0.2) is 0 Å². The van der Waals surface area contributed by atoms with Crippen molar-refractivity contribution in [3.05, 3.63) is 57.6 Å². The fourth-order valence-electron chi connectivity index (χ4n) is 2.40. The Kier molecular flexibility index (Phi) is 4.45. The smallest absolute Gasteiger partial charge is 0.271 e. The van der Waals surface area contributed by atoms with Crippen molar-refractivity contribution in [3.8, 4) is 0 Å². The van der Waals surface area contributed by atoms with E-state index in [4.69, 9.17) is 0 Å². The molecule has 1 unspecified atom stereocenters. The summed E-state index contributed by atoms with van der Waals surface area (Å²) in [4.78, 5) is 35.5. The molecule has 0 fully saturated rings. The summed E-state index contributed by atoms with van der Waals surface area (Å²) >= 11 is 1.43. The SMILES string of the molecule is Cc1ccc([N+](=O)[O-])cc1NC(=O)c1ccc2c(c1)NC(=O)C(C)S2. The van der Waals surface area contributed by atoms with Crippen molar-refractivity contribution in [2.24, 2.45) is 0 Å². The fourth-order valence-corrected chi connectivity index (χ4v) is 3.33. The topological polar surface area (TPSA) is 101 Å². The summed E-state index contributed by atoms with van der Waals surface area (Å²) in [6, 6.07) is 9.35. The molecule has 0 bridgehead atoms. The van der Waals surface area contributed by atoms with Gasteiger partial charge in [0.2, 0.25) is 5.91 Å². The van der Waals surface area contributed by atoms with Gasteiger partial charge in [0.25, 0.3) is 11.6 Å². The van der Waals surface area contributed by atoms with Crippen LogP contribution in [0.4, 0.5) is 17.1 Å². The molecule has 0 aliphatic carbocycles. The maximum atomic E-state index is 12.5. The zero-order valence-electron chi connectivity index (χ0n) is 13.5. The normalized spacial score (nSPS) is 15.9. The first-order valence-corrected chi connectivity index (χ1v) is 8.41. The monoisotopic (exact) mass is 357 g/mol. The summed E-state index contributed by atoms with van der Waals surface area (Å²) in [5, 5.41) is 16.2. The van der Waals surface area contributed by atoms with E-state index in [2.05, 4.69) is 10.6 Å². The summed E-state index contributed by atoms with van der Waals surface area (Å²) in [5.74, 6) is -0.506. The Morgan fingerprint density at radius 2 is 2.04 bits per heavy atom. The van der Waals surface area contributed by atoms with Crippen molar-refractivity contribution < 1.29 is 14.5 Å². The molecular weight excluding hydrogens is 342 g/mol. The first kappa shape index (κ1) is 17.0. The van der Waals surface area contributed by atoms with Crippen LogP contribution in [0.3, 0.4) is 0 Å². The molecule has 8 heteroatoms. The minimum absolute atomic E-state index is 0.0935. The number of benzene rings is 2. The lowest BCUT2D eigenvalue weighted by Gasteiger charge is -2.21. The lowest BCUT2D eigenvalue weighted by atomic mass is 10.1. The predicted octanol–water partition coefficient (Wildman–Crippen LogP) is 3.59. The molecular formula is C17H15N3O4S. The molecule has 1 aliphatic rings. The largest absolute Gasteiger partial charge is 0.324 e. The van der Waals surface area contributed by atoms with Gasteiger partial charge < -0.3 is 10.6 Å². The van der Waals surface area contributed by atoms with Crippen LogP contribution in [0.15, 0.2) is 41.3 Å². The Labute approximate surface area is 148 Å². The van der Waals surface area contributed by atoms with Crippen LogP contribution >= 0.6 is 11.8 Å². The average molecular weight is 357 g/mol. The number of anilines is 2. The maximum absolute atomic E-state index is 12.5. The molecule has 2 aromatic carbocycles. The van der Waals surface area contributed by atoms with Gasteiger partial charge in [0.05, 0.1) is 21.5 Å². The quantitative estimate of drug-likeness (QED) is 0.646. The molecule has 0 saturated heterocycles. The van der Waals surface area contributed by atoms with Gasteiger partial charge in [-0.1, -0.05) is 6.07 Å². The van der Waals surface area contributed by atoms with Gasteiger partial charge in [-0.2, -0.15) is 0 Å². The number of carbonyl (C=O) groups excluding carboxylic acids is 2. The summed E-state index contributed by atoms with van der Waals surface area (Å²) in [7, 11) is 0. The molecule has 3 rings (SSSR count). The Bertz CT molecular complexity index is 897. The van der Waals surface area contributed by atoms with Crippen LogP contribution in [0.2, 0.25) is 0 Å². The zero-order valence-corrected chi connectivity index (χ0v) is 14.3. The lowest BCUT2D eigenvalue weighted by Crippen LogP contribution is -2.26. The number of hydrogen-bond donors (Lipinski definition) is 2. The molecule has 0 saturated carbocycles. The molecule has 0 aromatic heterocycles. The number of nitrogens with one attached hydrogen (secondary N) is 2. The first-order chi connectivity index (χ1) is 11.8. The third kappa shape index (κ3) is 3.48. The van der Waals surface area contributed by atoms with Gasteiger partial charge in [0.1, 0.15) is 0 Å². The van der Waals surface area contributed by atoms with Crippen LogP contribution in [0.1, 0.15) is 22.8 Å². The van der Waals surface area contributed by atoms with Crippen molar-refractivity contribution in [2.75, 3.05) is 10.6 Å². The van der Waals surface area contributed by atoms with E-state index in [0.29, 0.717) is 16.9 Å². The Hall–Kier alpha value is -2.87. The summed E-state index contributed by atoms with van der Waals surface area (Å²) in [5.41, 5.74) is 1.96. The molecule has 0 radical (unpaired) electrons. The summed E-state index contributed by atoms with van der Waals surface area (Å²) in [6.07, 6.45) is 0. The van der Waals surface area contributed by atoms with Crippen LogP contribution < -0.4 is 10.6 Å². The zero-order chi connectivity index (χ0) is 18.1. The van der Waals surface area contributed by atoms with Gasteiger partial charge in [0.15, 0.2) is 0 Å². The Morgan fingerprint density at radius 1 is 1.28 bits per heavy atom. The standard InChI is InChI=1S/C17H15N3O4S/c1-9-3-5-12(20(23)24)8-13(9)18-17(22)11-4-6-15-14(7-11)19-16(21)10(2)25-15/h3-8,10H,1-2H3,(H,18,22)(H,19,21). The second-order valence-corrected chi connectivity index (χ2v) is 7.05. The molecule has 7 nitrogen and oxygen atoms in total. The van der Waals surface area contributed by atoms with Crippen LogP contribution in [0, 0.1) is 17.0 Å². The van der Waals surface area contributed by atoms with Crippen LogP contribution in [0.25, 0.3) is 0 Å². The van der Waals surface area contributed by atoms with E-state index in [1.54, 1.807) is 31.2 Å². The number of rotatable bonds is 3. The Balaban J connectivity index is 1.85. The van der Waals surface area contributed by atoms with E-state index in [9.17, 15) is 19.7 Å². The fraction of sp³-hybridized carbons (Fsp3) is 0.176. The number of carbonyl (C=O) groups is 2. The molecule has 1 aliphatic heterocycles. The number of nitro benzene ring substituents is 1. The molecule has 128 valence electrons. The van der Waals surface area contributed by atoms with E-state index in [1.807, 2.05) is 6.92 Å². The number of thioether (sulfide) groups is 1. The summed E-state index contributed by atoms with van der Waals surface area (Å²) in [6.45, 7) is 3.57. The van der Waals surface area contributed by atoms with Gasteiger partial charge in [-0.3, -0.25) is 19.7 Å². The predicted molar refractivity (Wildman–Crippen MR) is 96.2 cm³/mol. The van der Waals surface area contributed by atoms with Crippen LogP contribution in [-0.2, 0) is 4.79 Å². The number of non-ortho nitro benzene ring substituents is 1. The van der Waals surface area contributed by atoms with E-state index in [0.717, 1.165) is 10.5 Å². The minimum atomic E-state index is -0.512. The highest BCUT2D eigenvalue weighted by molar-refractivity contribution is 8.00. The van der Waals surface area contributed by atoms with Crippen molar-refractivity contribution in [3.63, 3.8) is 0 Å². The number of hydrogen-bond acceptors (Lipinski definition) is 5. The van der Waals surface area contributed by atoms with Crippen LogP contribution in [0.5, 0.6) is 0 Å². The third-order valence-electron chi connectivity index (χ3n) is 3.85. The highest BCUT2D eigenvalue weighted by Crippen LogP contribution is 2.36. The second kappa shape index (κ2) is 6.56. The van der Waals surface area contributed by atoms with Crippen LogP contribution in [-0.4, -0.2) is 22.0 Å². The van der Waals surface area contributed by atoms with Gasteiger partial charge in [0, 0.05) is 22.6 Å². The minimum Gasteiger partial charge on any atom is -0.324 e. The van der Waals surface area contributed by atoms with Gasteiger partial charge >= 0.3 is 0 Å². The van der Waals surface area contributed by atoms with E-state index in [-0.39, 0.29) is 16.8 Å². The third-order valence-corrected chi connectivity index (χ3v) is 5.03. The van der Waals surface area contributed by atoms with Gasteiger partial charge in [-0.05, 0) is 37.6 Å². The number of aryl methyl sites for hydroxylation is 1. The van der Waals surface area contributed by atoms with Gasteiger partial charge in [-0.15, -0.1) is 11.8 Å². The molecule has 2 N–H and O–H groups in total.